The summed E-state index contributed by atoms with van der Waals surface area (Å²) in [6, 6.07) is 16.1. The fourth-order valence-corrected chi connectivity index (χ4v) is 5.11. The van der Waals surface area contributed by atoms with Crippen LogP contribution in [0, 0.1) is 5.92 Å². The summed E-state index contributed by atoms with van der Waals surface area (Å²) in [5, 5.41) is 15.0. The number of carboxylic acids is 1. The van der Waals surface area contributed by atoms with Gasteiger partial charge in [0.15, 0.2) is 0 Å². The third kappa shape index (κ3) is 5.58. The van der Waals surface area contributed by atoms with Gasteiger partial charge in [0.25, 0.3) is 0 Å². The molecule has 3 N–H and O–H groups in total. The van der Waals surface area contributed by atoms with E-state index in [0.717, 1.165) is 24.0 Å². The Morgan fingerprint density at radius 1 is 1.03 bits per heavy atom. The van der Waals surface area contributed by atoms with Crippen LogP contribution >= 0.6 is 0 Å². The third-order valence-corrected chi connectivity index (χ3v) is 6.90. The van der Waals surface area contributed by atoms with Crippen LogP contribution in [0.5, 0.6) is 0 Å². The fourth-order valence-electron chi connectivity index (χ4n) is 5.11. The topological polar surface area (TPSA) is 105 Å². The Morgan fingerprint density at radius 3 is 2.32 bits per heavy atom. The minimum absolute atomic E-state index is 0.00403. The molecule has 7 heteroatoms. The lowest BCUT2D eigenvalue weighted by atomic mass is 9.85. The summed E-state index contributed by atoms with van der Waals surface area (Å²) in [7, 11) is 0. The zero-order chi connectivity index (χ0) is 24.1. The van der Waals surface area contributed by atoms with Gasteiger partial charge in [-0.15, -0.1) is 0 Å². The van der Waals surface area contributed by atoms with Crippen LogP contribution in [0.3, 0.4) is 0 Å². The first-order chi connectivity index (χ1) is 16.4. The van der Waals surface area contributed by atoms with Gasteiger partial charge in [-0.3, -0.25) is 9.59 Å². The highest BCUT2D eigenvalue weighted by Gasteiger charge is 2.30. The summed E-state index contributed by atoms with van der Waals surface area (Å²) in [6.07, 6.45) is 3.01. The molecule has 2 aromatic rings. The Bertz CT molecular complexity index is 1010. The predicted molar refractivity (Wildman–Crippen MR) is 128 cm³/mol. The molecule has 0 aliphatic heterocycles. The Balaban J connectivity index is 1.21. The molecule has 2 aliphatic rings. The second-order valence-electron chi connectivity index (χ2n) is 9.38. The normalized spacial score (nSPS) is 20.0. The van der Waals surface area contributed by atoms with Crippen molar-refractivity contribution in [1.29, 1.82) is 0 Å². The first-order valence-corrected chi connectivity index (χ1v) is 12.1. The molecule has 0 saturated heterocycles. The minimum atomic E-state index is -0.792. The average Bonchev–Trinajstić information content (AvgIpc) is 3.15. The van der Waals surface area contributed by atoms with Gasteiger partial charge in [-0.25, -0.2) is 4.79 Å². The Hall–Kier alpha value is -3.35. The second-order valence-corrected chi connectivity index (χ2v) is 9.38. The monoisotopic (exact) mass is 464 g/mol. The van der Waals surface area contributed by atoms with E-state index in [1.54, 1.807) is 0 Å². The van der Waals surface area contributed by atoms with Gasteiger partial charge in [0.2, 0.25) is 5.91 Å². The van der Waals surface area contributed by atoms with E-state index < -0.39 is 12.1 Å². The van der Waals surface area contributed by atoms with E-state index >= 15 is 0 Å². The van der Waals surface area contributed by atoms with E-state index in [9.17, 15) is 19.5 Å². The molecule has 0 spiro atoms. The maximum atomic E-state index is 12.4. The zero-order valence-electron chi connectivity index (χ0n) is 19.5. The lowest BCUT2D eigenvalue weighted by Gasteiger charge is -2.27. The number of carbonyl (C=O) groups excluding carboxylic acids is 2. The first-order valence-electron chi connectivity index (χ1n) is 12.1. The highest BCUT2D eigenvalue weighted by atomic mass is 16.5. The van der Waals surface area contributed by atoms with E-state index in [2.05, 4.69) is 34.9 Å². The molecule has 180 valence electrons. The van der Waals surface area contributed by atoms with E-state index in [0.29, 0.717) is 19.3 Å². The minimum Gasteiger partial charge on any atom is -0.481 e. The van der Waals surface area contributed by atoms with Crippen LogP contribution in [0.4, 0.5) is 4.79 Å². The molecule has 4 rings (SSSR count). The van der Waals surface area contributed by atoms with Crippen LogP contribution in [0.15, 0.2) is 48.5 Å². The van der Waals surface area contributed by atoms with Crippen LogP contribution in [0.2, 0.25) is 0 Å². The number of carbonyl (C=O) groups is 3. The molecule has 0 aromatic heterocycles. The highest BCUT2D eigenvalue weighted by Crippen LogP contribution is 2.44. The number of hydrogen-bond acceptors (Lipinski definition) is 4. The molecule has 7 nitrogen and oxygen atoms in total. The van der Waals surface area contributed by atoms with E-state index in [4.69, 9.17) is 4.74 Å². The van der Waals surface area contributed by atoms with Crippen molar-refractivity contribution in [2.75, 3.05) is 6.61 Å². The van der Waals surface area contributed by atoms with Crippen LogP contribution in [0.1, 0.15) is 62.5 Å². The third-order valence-electron chi connectivity index (χ3n) is 6.90. The molecule has 34 heavy (non-hydrogen) atoms. The largest absolute Gasteiger partial charge is 0.481 e. The molecule has 3 atom stereocenters. The van der Waals surface area contributed by atoms with Crippen molar-refractivity contribution in [2.24, 2.45) is 5.92 Å². The van der Waals surface area contributed by atoms with Gasteiger partial charge in [-0.1, -0.05) is 55.0 Å². The van der Waals surface area contributed by atoms with Crippen LogP contribution in [-0.2, 0) is 14.3 Å². The quantitative estimate of drug-likeness (QED) is 0.535. The maximum absolute atomic E-state index is 12.4. The van der Waals surface area contributed by atoms with Gasteiger partial charge in [0.1, 0.15) is 6.61 Å². The highest BCUT2D eigenvalue weighted by molar-refractivity contribution is 5.79. The van der Waals surface area contributed by atoms with Gasteiger partial charge in [-0.05, 0) is 54.9 Å². The SMILES string of the molecule is CC(CCC(=O)NC1CCCC(C(=O)O)C1)NC(=O)OCC1c2ccccc2-c2ccccc21. The van der Waals surface area contributed by atoms with Gasteiger partial charge >= 0.3 is 12.1 Å². The van der Waals surface area contributed by atoms with Crippen molar-refractivity contribution in [3.63, 3.8) is 0 Å². The number of fused-ring (bicyclic) bond motifs is 3. The van der Waals surface area contributed by atoms with Crippen molar-refractivity contribution in [2.45, 2.75) is 63.5 Å². The van der Waals surface area contributed by atoms with Crippen LogP contribution in [-0.4, -0.2) is 41.8 Å². The summed E-state index contributed by atoms with van der Waals surface area (Å²) in [5.74, 6) is -1.28. The molecule has 3 unspecified atom stereocenters. The number of alkyl carbamates (subject to hydrolysis) is 1. The Labute approximate surface area is 199 Å². The number of amides is 2. The zero-order valence-corrected chi connectivity index (χ0v) is 19.5. The molecule has 0 radical (unpaired) electrons. The fraction of sp³-hybridized carbons (Fsp3) is 0.444. The summed E-state index contributed by atoms with van der Waals surface area (Å²) in [5.41, 5.74) is 4.68. The number of ether oxygens (including phenoxy) is 1. The second kappa shape index (κ2) is 10.7. The van der Waals surface area contributed by atoms with E-state index in [-0.39, 0.29) is 42.9 Å². The lowest BCUT2D eigenvalue weighted by molar-refractivity contribution is -0.143. The molecular weight excluding hydrogens is 432 g/mol. The molecular formula is C27H32N2O5. The number of carboxylic acid groups (broad SMARTS) is 1. The number of rotatable bonds is 8. The predicted octanol–water partition coefficient (Wildman–Crippen LogP) is 4.45. The first kappa shape index (κ1) is 23.8. The van der Waals surface area contributed by atoms with Crippen LogP contribution in [0.25, 0.3) is 11.1 Å². The molecule has 2 aliphatic carbocycles. The standard InChI is InChI=1S/C27H32N2O5/c1-17(13-14-25(30)29-19-8-6-7-18(15-19)26(31)32)28-27(33)34-16-24-22-11-4-2-9-20(22)21-10-3-5-12-23(21)24/h2-5,9-12,17-19,24H,6-8,13-16H2,1H3,(H,28,33)(H,29,30)(H,31,32). The number of aliphatic carboxylic acids is 1. The smallest absolute Gasteiger partial charge is 0.407 e. The number of benzene rings is 2. The Morgan fingerprint density at radius 2 is 1.68 bits per heavy atom. The molecule has 0 heterocycles. The van der Waals surface area contributed by atoms with E-state index in [1.807, 2.05) is 31.2 Å². The maximum Gasteiger partial charge on any atom is 0.407 e. The van der Waals surface area contributed by atoms with Crippen molar-refractivity contribution < 1.29 is 24.2 Å². The molecule has 2 aromatic carbocycles. The summed E-state index contributed by atoms with van der Waals surface area (Å²) < 4.78 is 5.57. The van der Waals surface area contributed by atoms with Gasteiger partial charge in [0, 0.05) is 24.4 Å². The van der Waals surface area contributed by atoms with Crippen molar-refractivity contribution in [1.82, 2.24) is 10.6 Å². The number of nitrogens with one attached hydrogen (secondary N) is 2. The van der Waals surface area contributed by atoms with Gasteiger partial charge < -0.3 is 20.5 Å². The summed E-state index contributed by atoms with van der Waals surface area (Å²) >= 11 is 0. The molecule has 1 saturated carbocycles. The number of hydrogen-bond donors (Lipinski definition) is 3. The van der Waals surface area contributed by atoms with Crippen molar-refractivity contribution in [3.8, 4) is 11.1 Å². The molecule has 0 bridgehead atoms. The van der Waals surface area contributed by atoms with Gasteiger partial charge in [0.05, 0.1) is 5.92 Å². The van der Waals surface area contributed by atoms with Crippen molar-refractivity contribution >= 4 is 18.0 Å². The Kier molecular flexibility index (Phi) is 7.50. The van der Waals surface area contributed by atoms with Crippen molar-refractivity contribution in [3.05, 3.63) is 59.7 Å². The summed E-state index contributed by atoms with van der Waals surface area (Å²) in [4.78, 5) is 35.9. The lowest BCUT2D eigenvalue weighted by Crippen LogP contribution is -2.40. The van der Waals surface area contributed by atoms with E-state index in [1.165, 1.54) is 11.1 Å². The average molecular weight is 465 g/mol. The summed E-state index contributed by atoms with van der Waals surface area (Å²) in [6.45, 7) is 2.09. The van der Waals surface area contributed by atoms with Crippen LogP contribution < -0.4 is 10.6 Å². The van der Waals surface area contributed by atoms with Gasteiger partial charge in [-0.2, -0.15) is 0 Å². The molecule has 2 amide bonds. The molecule has 1 fully saturated rings.